The van der Waals surface area contributed by atoms with Crippen LogP contribution in [0.25, 0.3) is 0 Å². The topological polar surface area (TPSA) is 60.5 Å². The minimum Gasteiger partial charge on any atom is -0.493 e. The van der Waals surface area contributed by atoms with Gasteiger partial charge in [-0.3, -0.25) is 4.79 Å². The standard InChI is InChI=1S/C22H23BrN2O3S/c1-14-21(29-20(25-14)11-15-7-5-4-6-8-15)22(26)24-10-9-16-12-18(27-2)19(28-3)13-17(16)23/h4-8,12-13H,9-11H2,1-3H3,(H,24,26). The molecule has 0 unspecified atom stereocenters. The molecule has 0 aliphatic heterocycles. The van der Waals surface area contributed by atoms with Gasteiger partial charge in [0, 0.05) is 17.4 Å². The Hall–Kier alpha value is -2.38. The average molecular weight is 475 g/mol. The van der Waals surface area contributed by atoms with Crippen LogP contribution >= 0.6 is 27.3 Å². The van der Waals surface area contributed by atoms with Crippen molar-refractivity contribution in [3.8, 4) is 11.5 Å². The second-order valence-electron chi connectivity index (χ2n) is 6.49. The number of aryl methyl sites for hydroxylation is 1. The van der Waals surface area contributed by atoms with Crippen molar-refractivity contribution in [3.05, 3.63) is 73.6 Å². The minimum absolute atomic E-state index is 0.0871. The molecule has 0 fully saturated rings. The van der Waals surface area contributed by atoms with E-state index in [2.05, 4.69) is 38.4 Å². The molecule has 0 saturated heterocycles. The maximum absolute atomic E-state index is 12.6. The highest BCUT2D eigenvalue weighted by Gasteiger charge is 2.16. The van der Waals surface area contributed by atoms with Crippen LogP contribution in [0.3, 0.4) is 0 Å². The average Bonchev–Trinajstić information content (AvgIpc) is 3.09. The van der Waals surface area contributed by atoms with E-state index in [9.17, 15) is 4.79 Å². The number of nitrogens with one attached hydrogen (secondary N) is 1. The summed E-state index contributed by atoms with van der Waals surface area (Å²) < 4.78 is 11.6. The Balaban J connectivity index is 1.61. The Morgan fingerprint density at radius 3 is 2.52 bits per heavy atom. The van der Waals surface area contributed by atoms with E-state index in [1.54, 1.807) is 14.2 Å². The van der Waals surface area contributed by atoms with Gasteiger partial charge in [0.1, 0.15) is 4.88 Å². The van der Waals surface area contributed by atoms with Crippen LogP contribution in [0, 0.1) is 6.92 Å². The molecular weight excluding hydrogens is 452 g/mol. The lowest BCUT2D eigenvalue weighted by atomic mass is 10.1. The van der Waals surface area contributed by atoms with Gasteiger partial charge in [0.05, 0.1) is 24.9 Å². The number of carbonyl (C=O) groups excluding carboxylic acids is 1. The molecule has 1 N–H and O–H groups in total. The van der Waals surface area contributed by atoms with E-state index in [0.29, 0.717) is 29.3 Å². The number of rotatable bonds is 8. The second kappa shape index (κ2) is 9.89. The van der Waals surface area contributed by atoms with Gasteiger partial charge < -0.3 is 14.8 Å². The van der Waals surface area contributed by atoms with Crippen LogP contribution in [-0.2, 0) is 12.8 Å². The van der Waals surface area contributed by atoms with Crippen molar-refractivity contribution in [2.24, 2.45) is 0 Å². The molecule has 0 spiro atoms. The highest BCUT2D eigenvalue weighted by Crippen LogP contribution is 2.33. The highest BCUT2D eigenvalue weighted by atomic mass is 79.9. The summed E-state index contributed by atoms with van der Waals surface area (Å²) in [6.45, 7) is 2.39. The Morgan fingerprint density at radius 1 is 1.14 bits per heavy atom. The smallest absolute Gasteiger partial charge is 0.263 e. The van der Waals surface area contributed by atoms with Gasteiger partial charge in [0.15, 0.2) is 11.5 Å². The van der Waals surface area contributed by atoms with Crippen molar-refractivity contribution < 1.29 is 14.3 Å². The highest BCUT2D eigenvalue weighted by molar-refractivity contribution is 9.10. The zero-order valence-electron chi connectivity index (χ0n) is 16.6. The summed E-state index contributed by atoms with van der Waals surface area (Å²) in [4.78, 5) is 17.9. The summed E-state index contributed by atoms with van der Waals surface area (Å²) in [7, 11) is 3.21. The van der Waals surface area contributed by atoms with E-state index in [4.69, 9.17) is 9.47 Å². The van der Waals surface area contributed by atoms with E-state index in [0.717, 1.165) is 27.2 Å². The first-order valence-corrected chi connectivity index (χ1v) is 10.8. The Kier molecular flexibility index (Phi) is 7.28. The summed E-state index contributed by atoms with van der Waals surface area (Å²) in [6.07, 6.45) is 1.40. The van der Waals surface area contributed by atoms with Crippen molar-refractivity contribution in [3.63, 3.8) is 0 Å². The van der Waals surface area contributed by atoms with E-state index < -0.39 is 0 Å². The molecule has 3 aromatic rings. The third-order valence-corrected chi connectivity index (χ3v) is 6.37. The Labute approximate surface area is 183 Å². The fourth-order valence-electron chi connectivity index (χ4n) is 2.99. The van der Waals surface area contributed by atoms with Gasteiger partial charge in [-0.05, 0) is 36.6 Å². The molecular formula is C22H23BrN2O3S. The van der Waals surface area contributed by atoms with Crippen molar-refractivity contribution >= 4 is 33.2 Å². The first kappa shape index (κ1) is 21.3. The second-order valence-corrected chi connectivity index (χ2v) is 8.43. The maximum Gasteiger partial charge on any atom is 0.263 e. The van der Waals surface area contributed by atoms with Gasteiger partial charge in [0.2, 0.25) is 0 Å². The third kappa shape index (κ3) is 5.36. The molecule has 3 rings (SSSR count). The van der Waals surface area contributed by atoms with E-state index in [-0.39, 0.29) is 5.91 Å². The number of carbonyl (C=O) groups is 1. The summed E-state index contributed by atoms with van der Waals surface area (Å²) in [5.41, 5.74) is 2.99. The predicted octanol–water partition coefficient (Wildman–Crippen LogP) is 4.79. The van der Waals surface area contributed by atoms with E-state index in [1.807, 2.05) is 37.3 Å². The molecule has 7 heteroatoms. The molecule has 1 heterocycles. The van der Waals surface area contributed by atoms with Gasteiger partial charge in [-0.2, -0.15) is 0 Å². The van der Waals surface area contributed by atoms with Crippen LogP contribution in [0.5, 0.6) is 11.5 Å². The molecule has 29 heavy (non-hydrogen) atoms. The fourth-order valence-corrected chi connectivity index (χ4v) is 4.52. The summed E-state index contributed by atoms with van der Waals surface area (Å²) in [6, 6.07) is 13.9. The van der Waals surface area contributed by atoms with Crippen LogP contribution < -0.4 is 14.8 Å². The molecule has 0 atom stereocenters. The van der Waals surface area contributed by atoms with Gasteiger partial charge in [-0.25, -0.2) is 4.98 Å². The predicted molar refractivity (Wildman–Crippen MR) is 119 cm³/mol. The molecule has 0 aliphatic carbocycles. The number of benzene rings is 2. The Bertz CT molecular complexity index is 989. The number of halogens is 1. The molecule has 1 aromatic heterocycles. The molecule has 0 aliphatic rings. The molecule has 2 aromatic carbocycles. The minimum atomic E-state index is -0.0871. The monoisotopic (exact) mass is 474 g/mol. The van der Waals surface area contributed by atoms with Crippen molar-refractivity contribution in [2.75, 3.05) is 20.8 Å². The normalized spacial score (nSPS) is 10.6. The third-order valence-electron chi connectivity index (χ3n) is 4.48. The number of hydrogen-bond acceptors (Lipinski definition) is 5. The van der Waals surface area contributed by atoms with Gasteiger partial charge >= 0.3 is 0 Å². The first-order valence-electron chi connectivity index (χ1n) is 9.20. The molecule has 0 bridgehead atoms. The van der Waals surface area contributed by atoms with Crippen LogP contribution in [0.1, 0.15) is 31.5 Å². The lowest BCUT2D eigenvalue weighted by molar-refractivity contribution is 0.0957. The first-order chi connectivity index (χ1) is 14.0. The maximum atomic E-state index is 12.6. The zero-order valence-corrected chi connectivity index (χ0v) is 19.0. The van der Waals surface area contributed by atoms with Crippen molar-refractivity contribution in [2.45, 2.75) is 19.8 Å². The SMILES string of the molecule is COc1cc(Br)c(CCNC(=O)c2sc(Cc3ccccc3)nc2C)cc1OC. The lowest BCUT2D eigenvalue weighted by Gasteiger charge is -2.12. The van der Waals surface area contributed by atoms with Crippen molar-refractivity contribution in [1.82, 2.24) is 10.3 Å². The molecule has 0 saturated carbocycles. The molecule has 1 amide bonds. The number of amides is 1. The van der Waals surface area contributed by atoms with E-state index in [1.165, 1.54) is 16.9 Å². The molecule has 152 valence electrons. The van der Waals surface area contributed by atoms with Crippen LogP contribution in [0.2, 0.25) is 0 Å². The number of aromatic nitrogens is 1. The number of thiazole rings is 1. The number of nitrogens with zero attached hydrogens (tertiary/aromatic N) is 1. The van der Waals surface area contributed by atoms with Crippen molar-refractivity contribution in [1.29, 1.82) is 0 Å². The van der Waals surface area contributed by atoms with Gasteiger partial charge in [-0.15, -0.1) is 11.3 Å². The Morgan fingerprint density at radius 2 is 1.83 bits per heavy atom. The van der Waals surface area contributed by atoms with Crippen LogP contribution in [0.4, 0.5) is 0 Å². The quantitative estimate of drug-likeness (QED) is 0.509. The van der Waals surface area contributed by atoms with Gasteiger partial charge in [0.25, 0.3) is 5.91 Å². The fraction of sp³-hybridized carbons (Fsp3) is 0.273. The summed E-state index contributed by atoms with van der Waals surface area (Å²) in [5.74, 6) is 1.25. The summed E-state index contributed by atoms with van der Waals surface area (Å²) >= 11 is 5.01. The lowest BCUT2D eigenvalue weighted by Crippen LogP contribution is -2.25. The van der Waals surface area contributed by atoms with E-state index >= 15 is 0 Å². The number of ether oxygens (including phenoxy) is 2. The summed E-state index contributed by atoms with van der Waals surface area (Å²) in [5, 5.41) is 3.94. The number of hydrogen-bond donors (Lipinski definition) is 1. The zero-order chi connectivity index (χ0) is 20.8. The van der Waals surface area contributed by atoms with Crippen LogP contribution in [0.15, 0.2) is 46.9 Å². The van der Waals surface area contributed by atoms with Gasteiger partial charge in [-0.1, -0.05) is 46.3 Å². The molecule has 0 radical (unpaired) electrons. The molecule has 5 nitrogen and oxygen atoms in total. The largest absolute Gasteiger partial charge is 0.493 e. The van der Waals surface area contributed by atoms with Crippen LogP contribution in [-0.4, -0.2) is 31.7 Å². The number of methoxy groups -OCH3 is 2.